The van der Waals surface area contributed by atoms with E-state index >= 15 is 0 Å². The van der Waals surface area contributed by atoms with Crippen molar-refractivity contribution in [2.75, 3.05) is 17.6 Å². The van der Waals surface area contributed by atoms with Gasteiger partial charge in [0.2, 0.25) is 5.91 Å². The Morgan fingerprint density at radius 2 is 2.05 bits per heavy atom. The quantitative estimate of drug-likeness (QED) is 0.637. The van der Waals surface area contributed by atoms with Crippen LogP contribution in [0, 0.1) is 0 Å². The van der Waals surface area contributed by atoms with Gasteiger partial charge < -0.3 is 21.5 Å². The van der Waals surface area contributed by atoms with Crippen LogP contribution in [0.2, 0.25) is 0 Å². The molecule has 1 aromatic heterocycles. The monoisotopic (exact) mass is 266 g/mol. The van der Waals surface area contributed by atoms with Gasteiger partial charge in [0, 0.05) is 5.54 Å². The first-order valence-corrected chi connectivity index (χ1v) is 5.73. The molecule has 1 heterocycles. The van der Waals surface area contributed by atoms with E-state index in [9.17, 15) is 9.59 Å². The summed E-state index contributed by atoms with van der Waals surface area (Å²) in [5.41, 5.74) is 5.19. The van der Waals surface area contributed by atoms with E-state index in [1.165, 1.54) is 12.3 Å². The molecule has 1 aromatic rings. The minimum Gasteiger partial charge on any atom is -0.478 e. The molecule has 0 fully saturated rings. The summed E-state index contributed by atoms with van der Waals surface area (Å²) in [6.45, 7) is 5.62. The number of aromatic nitrogens is 1. The predicted octanol–water partition coefficient (Wildman–Crippen LogP) is 0.689. The molecule has 0 aliphatic heterocycles. The van der Waals surface area contributed by atoms with Gasteiger partial charge in [0.05, 0.1) is 24.0 Å². The van der Waals surface area contributed by atoms with Crippen molar-refractivity contribution >= 4 is 23.4 Å². The maximum absolute atomic E-state index is 11.6. The van der Waals surface area contributed by atoms with Gasteiger partial charge in [0.15, 0.2) is 0 Å². The van der Waals surface area contributed by atoms with Crippen LogP contribution in [0.25, 0.3) is 0 Å². The largest absolute Gasteiger partial charge is 0.478 e. The molecule has 0 aliphatic rings. The van der Waals surface area contributed by atoms with Crippen molar-refractivity contribution in [2.45, 2.75) is 26.3 Å². The van der Waals surface area contributed by atoms with Gasteiger partial charge in [0.1, 0.15) is 5.82 Å². The van der Waals surface area contributed by atoms with Crippen LogP contribution in [-0.2, 0) is 4.79 Å². The second-order valence-electron chi connectivity index (χ2n) is 5.11. The number of pyridine rings is 1. The molecule has 0 atom stereocenters. The molecule has 19 heavy (non-hydrogen) atoms. The molecule has 104 valence electrons. The number of nitrogens with one attached hydrogen (secondary N) is 2. The third-order valence-electron chi connectivity index (χ3n) is 2.11. The summed E-state index contributed by atoms with van der Waals surface area (Å²) in [6, 6.07) is 1.29. The first-order valence-electron chi connectivity index (χ1n) is 5.73. The van der Waals surface area contributed by atoms with Crippen LogP contribution < -0.4 is 16.4 Å². The highest BCUT2D eigenvalue weighted by Gasteiger charge is 2.14. The van der Waals surface area contributed by atoms with E-state index < -0.39 is 5.97 Å². The minimum atomic E-state index is -1.14. The Morgan fingerprint density at radius 3 is 2.58 bits per heavy atom. The number of hydrogen-bond acceptors (Lipinski definition) is 5. The van der Waals surface area contributed by atoms with Crippen molar-refractivity contribution in [3.63, 3.8) is 0 Å². The Morgan fingerprint density at radius 1 is 1.42 bits per heavy atom. The summed E-state index contributed by atoms with van der Waals surface area (Å²) < 4.78 is 0. The smallest absolute Gasteiger partial charge is 0.337 e. The van der Waals surface area contributed by atoms with Crippen LogP contribution in [0.15, 0.2) is 12.3 Å². The molecule has 0 aromatic carbocycles. The molecular formula is C12H18N4O3. The van der Waals surface area contributed by atoms with Gasteiger partial charge in [0.25, 0.3) is 0 Å². The van der Waals surface area contributed by atoms with Crippen molar-refractivity contribution in [1.29, 1.82) is 0 Å². The Labute approximate surface area is 111 Å². The number of carbonyl (C=O) groups excluding carboxylic acids is 1. The van der Waals surface area contributed by atoms with E-state index in [0.29, 0.717) is 0 Å². The van der Waals surface area contributed by atoms with E-state index in [1.807, 2.05) is 20.8 Å². The Balaban J connectivity index is 2.66. The molecule has 0 spiro atoms. The van der Waals surface area contributed by atoms with Crippen LogP contribution in [-0.4, -0.2) is 34.1 Å². The summed E-state index contributed by atoms with van der Waals surface area (Å²) in [5, 5.41) is 14.4. The van der Waals surface area contributed by atoms with Gasteiger partial charge in [-0.2, -0.15) is 0 Å². The van der Waals surface area contributed by atoms with Gasteiger partial charge in [-0.3, -0.25) is 4.79 Å². The Bertz CT molecular complexity index is 494. The number of nitrogens with two attached hydrogens (primary N) is 1. The van der Waals surface area contributed by atoms with Crippen LogP contribution >= 0.6 is 0 Å². The number of carbonyl (C=O) groups is 2. The number of hydrogen-bond donors (Lipinski definition) is 4. The Hall–Kier alpha value is -2.31. The van der Waals surface area contributed by atoms with Gasteiger partial charge in [-0.15, -0.1) is 0 Å². The van der Waals surface area contributed by atoms with Crippen LogP contribution in [0.4, 0.5) is 11.5 Å². The summed E-state index contributed by atoms with van der Waals surface area (Å²) in [4.78, 5) is 26.4. The summed E-state index contributed by atoms with van der Waals surface area (Å²) in [7, 11) is 0. The SMILES string of the molecule is CC(C)(C)NC(=O)CNc1cc(C(=O)O)c(N)cn1. The summed E-state index contributed by atoms with van der Waals surface area (Å²) in [6.07, 6.45) is 1.24. The number of nitrogens with zero attached hydrogens (tertiary/aromatic N) is 1. The first kappa shape index (κ1) is 14.7. The standard InChI is InChI=1S/C12H18N4O3/c1-12(2,3)16-10(17)6-15-9-4-7(11(18)19)8(13)5-14-9/h4-5H,6,13H2,1-3H3,(H,14,15)(H,16,17)(H,18,19). The molecular weight excluding hydrogens is 248 g/mol. The molecule has 0 saturated carbocycles. The highest BCUT2D eigenvalue weighted by molar-refractivity contribution is 5.94. The average molecular weight is 266 g/mol. The van der Waals surface area contributed by atoms with Crippen LogP contribution in [0.1, 0.15) is 31.1 Å². The highest BCUT2D eigenvalue weighted by Crippen LogP contribution is 2.14. The lowest BCUT2D eigenvalue weighted by atomic mass is 10.1. The van der Waals surface area contributed by atoms with Crippen molar-refractivity contribution < 1.29 is 14.7 Å². The molecule has 0 radical (unpaired) electrons. The normalized spacial score (nSPS) is 10.9. The number of aromatic carboxylic acids is 1. The molecule has 0 saturated heterocycles. The number of nitrogen functional groups attached to an aromatic ring is 1. The molecule has 1 rings (SSSR count). The number of rotatable bonds is 4. The Kier molecular flexibility index (Phi) is 4.31. The third-order valence-corrected chi connectivity index (χ3v) is 2.11. The van der Waals surface area contributed by atoms with E-state index in [0.717, 1.165) is 0 Å². The molecule has 5 N–H and O–H groups in total. The molecule has 7 nitrogen and oxygen atoms in total. The van der Waals surface area contributed by atoms with Crippen LogP contribution in [0.5, 0.6) is 0 Å². The lowest BCUT2D eigenvalue weighted by Crippen LogP contribution is -2.43. The zero-order valence-electron chi connectivity index (χ0n) is 11.2. The van der Waals surface area contributed by atoms with Crippen molar-refractivity contribution in [3.8, 4) is 0 Å². The van der Waals surface area contributed by atoms with Crippen LogP contribution in [0.3, 0.4) is 0 Å². The number of amides is 1. The lowest BCUT2D eigenvalue weighted by molar-refractivity contribution is -0.120. The summed E-state index contributed by atoms with van der Waals surface area (Å²) >= 11 is 0. The average Bonchev–Trinajstić information content (AvgIpc) is 2.25. The molecule has 0 bridgehead atoms. The van der Waals surface area contributed by atoms with Gasteiger partial charge in [-0.1, -0.05) is 0 Å². The fraction of sp³-hybridized carbons (Fsp3) is 0.417. The van der Waals surface area contributed by atoms with Crippen molar-refractivity contribution in [2.24, 2.45) is 0 Å². The maximum atomic E-state index is 11.6. The highest BCUT2D eigenvalue weighted by atomic mass is 16.4. The zero-order chi connectivity index (χ0) is 14.6. The van der Waals surface area contributed by atoms with E-state index in [-0.39, 0.29) is 35.1 Å². The van der Waals surface area contributed by atoms with Crippen molar-refractivity contribution in [1.82, 2.24) is 10.3 Å². The van der Waals surface area contributed by atoms with Crippen molar-refractivity contribution in [3.05, 3.63) is 17.8 Å². The molecule has 0 unspecified atom stereocenters. The lowest BCUT2D eigenvalue weighted by Gasteiger charge is -2.20. The third kappa shape index (κ3) is 4.82. The number of carboxylic acid groups (broad SMARTS) is 1. The van der Waals surface area contributed by atoms with Gasteiger partial charge in [-0.05, 0) is 26.8 Å². The zero-order valence-corrected chi connectivity index (χ0v) is 11.2. The van der Waals surface area contributed by atoms with E-state index in [2.05, 4.69) is 15.6 Å². The second kappa shape index (κ2) is 5.55. The number of anilines is 2. The minimum absolute atomic E-state index is 0.00719. The molecule has 7 heteroatoms. The topological polar surface area (TPSA) is 117 Å². The molecule has 1 amide bonds. The maximum Gasteiger partial charge on any atom is 0.337 e. The van der Waals surface area contributed by atoms with Gasteiger partial charge >= 0.3 is 5.97 Å². The molecule has 0 aliphatic carbocycles. The first-order chi connectivity index (χ1) is 8.69. The second-order valence-corrected chi connectivity index (χ2v) is 5.11. The fourth-order valence-electron chi connectivity index (χ4n) is 1.38. The van der Waals surface area contributed by atoms with Gasteiger partial charge in [-0.25, -0.2) is 9.78 Å². The fourth-order valence-corrected chi connectivity index (χ4v) is 1.38. The van der Waals surface area contributed by atoms with E-state index in [1.54, 1.807) is 0 Å². The predicted molar refractivity (Wildman–Crippen MR) is 72.0 cm³/mol. The van der Waals surface area contributed by atoms with E-state index in [4.69, 9.17) is 10.8 Å². The number of carboxylic acids is 1. The summed E-state index contributed by atoms with van der Waals surface area (Å²) in [5.74, 6) is -1.05.